The maximum absolute atomic E-state index is 9.55. The van der Waals surface area contributed by atoms with Crippen LogP contribution in [-0.2, 0) is 22.4 Å². The van der Waals surface area contributed by atoms with Crippen molar-refractivity contribution in [3.63, 3.8) is 0 Å². The van der Waals surface area contributed by atoms with Crippen molar-refractivity contribution in [1.82, 2.24) is 4.98 Å². The average Bonchev–Trinajstić information content (AvgIpc) is 2.28. The summed E-state index contributed by atoms with van der Waals surface area (Å²) in [7, 11) is 0. The number of fused-ring (bicyclic) bond motifs is 1. The Labute approximate surface area is 104 Å². The number of carbonyl (C=O) groups is 2. The maximum atomic E-state index is 9.55. The van der Waals surface area contributed by atoms with Crippen LogP contribution < -0.4 is 0 Å². The molecule has 94 valence electrons. The van der Waals surface area contributed by atoms with E-state index in [1.807, 2.05) is 18.3 Å². The zero-order chi connectivity index (χ0) is 13.5. The molecule has 0 atom stereocenters. The third-order valence-corrected chi connectivity index (χ3v) is 2.38. The molecule has 1 aromatic rings. The predicted molar refractivity (Wildman–Crippen MR) is 66.1 cm³/mol. The summed E-state index contributed by atoms with van der Waals surface area (Å²) >= 11 is 0. The van der Waals surface area contributed by atoms with E-state index in [1.165, 1.54) is 23.2 Å². The molecular weight excluding hydrogens is 234 g/mol. The molecule has 0 aromatic carbocycles. The summed E-state index contributed by atoms with van der Waals surface area (Å²) in [5, 5.41) is 15.6. The first-order valence-corrected chi connectivity index (χ1v) is 5.27. The molecule has 1 aromatic heterocycles. The molecule has 1 heterocycles. The van der Waals surface area contributed by atoms with Crippen molar-refractivity contribution in [3.8, 4) is 0 Å². The van der Waals surface area contributed by atoms with Gasteiger partial charge in [-0.05, 0) is 30.0 Å². The molecule has 0 radical (unpaired) electrons. The fraction of sp³-hybridized carbons (Fsp3) is 0.154. The number of aliphatic carboxylic acids is 2. The third kappa shape index (κ3) is 3.86. The number of nitrogens with zero attached hydrogens (tertiary/aromatic N) is 1. The SMILES string of the molecule is C=Cc1ccnc2c1CC2.O=C(O)/C=C\C(=O)O. The Kier molecular flexibility index (Phi) is 4.80. The van der Waals surface area contributed by atoms with Crippen LogP contribution in [0.1, 0.15) is 16.8 Å². The molecule has 5 nitrogen and oxygen atoms in total. The van der Waals surface area contributed by atoms with Gasteiger partial charge in [0.25, 0.3) is 0 Å². The van der Waals surface area contributed by atoms with Crippen molar-refractivity contribution >= 4 is 18.0 Å². The Morgan fingerprint density at radius 1 is 1.22 bits per heavy atom. The van der Waals surface area contributed by atoms with Crippen LogP contribution in [-0.4, -0.2) is 27.1 Å². The highest BCUT2D eigenvalue weighted by Crippen LogP contribution is 2.24. The fourth-order valence-corrected chi connectivity index (χ4v) is 1.46. The molecule has 2 N–H and O–H groups in total. The van der Waals surface area contributed by atoms with Gasteiger partial charge < -0.3 is 10.2 Å². The van der Waals surface area contributed by atoms with E-state index >= 15 is 0 Å². The number of hydrogen-bond donors (Lipinski definition) is 2. The molecule has 0 fully saturated rings. The maximum Gasteiger partial charge on any atom is 0.328 e. The Balaban J connectivity index is 0.000000187. The summed E-state index contributed by atoms with van der Waals surface area (Å²) in [4.78, 5) is 23.3. The highest BCUT2D eigenvalue weighted by Gasteiger charge is 2.15. The van der Waals surface area contributed by atoms with Crippen molar-refractivity contribution in [2.75, 3.05) is 0 Å². The molecule has 0 unspecified atom stereocenters. The fourth-order valence-electron chi connectivity index (χ4n) is 1.46. The Morgan fingerprint density at radius 3 is 2.17 bits per heavy atom. The average molecular weight is 247 g/mol. The van der Waals surface area contributed by atoms with E-state index in [0.29, 0.717) is 12.2 Å². The van der Waals surface area contributed by atoms with E-state index in [2.05, 4.69) is 11.6 Å². The van der Waals surface area contributed by atoms with Crippen LogP contribution >= 0.6 is 0 Å². The van der Waals surface area contributed by atoms with E-state index in [0.717, 1.165) is 6.42 Å². The number of carboxylic acids is 2. The quantitative estimate of drug-likeness (QED) is 0.791. The minimum atomic E-state index is -1.26. The third-order valence-electron chi connectivity index (χ3n) is 2.38. The summed E-state index contributed by atoms with van der Waals surface area (Å²) in [6, 6.07) is 2.02. The molecule has 18 heavy (non-hydrogen) atoms. The Bertz CT molecular complexity index is 490. The summed E-state index contributed by atoms with van der Waals surface area (Å²) in [6.45, 7) is 3.74. The lowest BCUT2D eigenvalue weighted by molar-refractivity contribution is -0.134. The minimum absolute atomic E-state index is 0.558. The van der Waals surface area contributed by atoms with Crippen LogP contribution in [0.3, 0.4) is 0 Å². The van der Waals surface area contributed by atoms with E-state index in [-0.39, 0.29) is 0 Å². The number of carboxylic acid groups (broad SMARTS) is 2. The van der Waals surface area contributed by atoms with Gasteiger partial charge in [-0.25, -0.2) is 9.59 Å². The van der Waals surface area contributed by atoms with Gasteiger partial charge in [0.05, 0.1) is 0 Å². The van der Waals surface area contributed by atoms with Crippen LogP contribution in [0, 0.1) is 0 Å². The summed E-state index contributed by atoms with van der Waals surface area (Å²) in [6.07, 6.45) is 7.21. The van der Waals surface area contributed by atoms with Gasteiger partial charge in [-0.2, -0.15) is 0 Å². The van der Waals surface area contributed by atoms with E-state index in [1.54, 1.807) is 0 Å². The second-order valence-corrected chi connectivity index (χ2v) is 3.54. The summed E-state index contributed by atoms with van der Waals surface area (Å²) < 4.78 is 0. The highest BCUT2D eigenvalue weighted by atomic mass is 16.4. The highest BCUT2D eigenvalue weighted by molar-refractivity contribution is 5.89. The second-order valence-electron chi connectivity index (χ2n) is 3.54. The van der Waals surface area contributed by atoms with Crippen molar-refractivity contribution in [3.05, 3.63) is 47.8 Å². The van der Waals surface area contributed by atoms with Gasteiger partial charge in [0.2, 0.25) is 0 Å². The zero-order valence-corrected chi connectivity index (χ0v) is 9.67. The first-order valence-electron chi connectivity index (χ1n) is 5.27. The van der Waals surface area contributed by atoms with Crippen LogP contribution in [0.4, 0.5) is 0 Å². The van der Waals surface area contributed by atoms with Crippen LogP contribution in [0.5, 0.6) is 0 Å². The first-order chi connectivity index (χ1) is 8.54. The molecule has 5 heteroatoms. The van der Waals surface area contributed by atoms with Crippen molar-refractivity contribution in [2.45, 2.75) is 12.8 Å². The van der Waals surface area contributed by atoms with E-state index in [9.17, 15) is 9.59 Å². The second kappa shape index (κ2) is 6.34. The van der Waals surface area contributed by atoms with Gasteiger partial charge in [0.15, 0.2) is 0 Å². The molecular formula is C13H13NO4. The molecule has 0 saturated heterocycles. The lowest BCUT2D eigenvalue weighted by atomic mass is 9.90. The molecule has 1 aliphatic rings. The Morgan fingerprint density at radius 2 is 1.83 bits per heavy atom. The number of aryl methyl sites for hydroxylation is 1. The van der Waals surface area contributed by atoms with Gasteiger partial charge in [-0.3, -0.25) is 4.98 Å². The van der Waals surface area contributed by atoms with Gasteiger partial charge in [-0.1, -0.05) is 12.7 Å². The topological polar surface area (TPSA) is 87.5 Å². The molecule has 0 bridgehead atoms. The van der Waals surface area contributed by atoms with Crippen LogP contribution in [0.25, 0.3) is 6.08 Å². The standard InChI is InChI=1S/C9H9N.C4H4O4/c1-2-7-5-6-10-9-4-3-8(7)9;5-3(6)1-2-4(7)8/h2,5-6H,1,3-4H2;1-2H,(H,5,6)(H,7,8)/b;2-1-. The van der Waals surface area contributed by atoms with Gasteiger partial charge in [-0.15, -0.1) is 0 Å². The molecule has 0 amide bonds. The smallest absolute Gasteiger partial charge is 0.328 e. The van der Waals surface area contributed by atoms with E-state index < -0.39 is 11.9 Å². The molecule has 0 saturated carbocycles. The van der Waals surface area contributed by atoms with Crippen molar-refractivity contribution < 1.29 is 19.8 Å². The first kappa shape index (κ1) is 13.6. The van der Waals surface area contributed by atoms with E-state index in [4.69, 9.17) is 10.2 Å². The van der Waals surface area contributed by atoms with Crippen LogP contribution in [0.2, 0.25) is 0 Å². The van der Waals surface area contributed by atoms with Crippen molar-refractivity contribution in [2.24, 2.45) is 0 Å². The molecule has 0 aliphatic heterocycles. The van der Waals surface area contributed by atoms with Crippen LogP contribution in [0.15, 0.2) is 31.0 Å². The van der Waals surface area contributed by atoms with Gasteiger partial charge >= 0.3 is 11.9 Å². The number of pyridine rings is 1. The van der Waals surface area contributed by atoms with Gasteiger partial charge in [0.1, 0.15) is 0 Å². The summed E-state index contributed by atoms with van der Waals surface area (Å²) in [5.41, 5.74) is 3.92. The largest absolute Gasteiger partial charge is 0.478 e. The van der Waals surface area contributed by atoms with Crippen molar-refractivity contribution in [1.29, 1.82) is 0 Å². The number of rotatable bonds is 3. The molecule has 2 rings (SSSR count). The normalized spacial score (nSPS) is 11.8. The van der Waals surface area contributed by atoms with Gasteiger partial charge in [0, 0.05) is 24.0 Å². The Hall–Kier alpha value is -2.43. The minimum Gasteiger partial charge on any atom is -0.478 e. The lowest BCUT2D eigenvalue weighted by Crippen LogP contribution is -2.12. The molecule has 0 spiro atoms. The molecule has 1 aliphatic carbocycles. The number of hydrogen-bond acceptors (Lipinski definition) is 3. The summed E-state index contributed by atoms with van der Waals surface area (Å²) in [5.74, 6) is -2.51. The predicted octanol–water partition coefficient (Wildman–Crippen LogP) is 1.54. The lowest BCUT2D eigenvalue weighted by Gasteiger charge is -2.18. The monoisotopic (exact) mass is 247 g/mol. The zero-order valence-electron chi connectivity index (χ0n) is 9.67. The number of aromatic nitrogens is 1.